The highest BCUT2D eigenvalue weighted by atomic mass is 19.1. The van der Waals surface area contributed by atoms with Crippen LogP contribution in [0.2, 0.25) is 0 Å². The van der Waals surface area contributed by atoms with E-state index in [-0.39, 0.29) is 11.4 Å². The zero-order valence-electron chi connectivity index (χ0n) is 8.52. The van der Waals surface area contributed by atoms with Crippen molar-refractivity contribution >= 4 is 0 Å². The molecule has 13 heavy (non-hydrogen) atoms. The first-order valence-electron chi connectivity index (χ1n) is 4.89. The second kappa shape index (κ2) is 4.20. The summed E-state index contributed by atoms with van der Waals surface area (Å²) in [4.78, 5) is 2.08. The number of halogens is 1. The Kier molecular flexibility index (Phi) is 3.45. The largest absolute Gasteiger partial charge is 0.324 e. The van der Waals surface area contributed by atoms with Gasteiger partial charge in [0.15, 0.2) is 0 Å². The minimum atomic E-state index is -0.183. The van der Waals surface area contributed by atoms with Crippen LogP contribution >= 0.6 is 0 Å². The molecule has 0 radical (unpaired) electrons. The fraction of sp³-hybridized carbons (Fsp3) is 0.800. The third-order valence-corrected chi connectivity index (χ3v) is 2.58. The van der Waals surface area contributed by atoms with Crippen molar-refractivity contribution < 1.29 is 4.39 Å². The van der Waals surface area contributed by atoms with E-state index < -0.39 is 0 Å². The van der Waals surface area contributed by atoms with Crippen LogP contribution in [0.1, 0.15) is 26.7 Å². The minimum Gasteiger partial charge on any atom is -0.324 e. The Morgan fingerprint density at radius 1 is 1.69 bits per heavy atom. The summed E-state index contributed by atoms with van der Waals surface area (Å²) in [5, 5.41) is 0. The van der Waals surface area contributed by atoms with Gasteiger partial charge >= 0.3 is 0 Å². The topological polar surface area (TPSA) is 29.3 Å². The van der Waals surface area contributed by atoms with Gasteiger partial charge in [-0.1, -0.05) is 13.0 Å². The van der Waals surface area contributed by atoms with Crippen LogP contribution in [-0.4, -0.2) is 30.1 Å². The normalized spacial score (nSPS) is 23.8. The molecule has 0 aromatic rings. The highest BCUT2D eigenvalue weighted by molar-refractivity contribution is 5.00. The maximum atomic E-state index is 12.9. The zero-order valence-corrected chi connectivity index (χ0v) is 8.52. The van der Waals surface area contributed by atoms with Crippen LogP contribution < -0.4 is 5.73 Å². The van der Waals surface area contributed by atoms with E-state index in [2.05, 4.69) is 11.8 Å². The zero-order chi connectivity index (χ0) is 9.90. The molecule has 0 spiro atoms. The molecule has 1 rings (SSSR count). The van der Waals surface area contributed by atoms with Crippen LogP contribution in [0.25, 0.3) is 0 Å². The van der Waals surface area contributed by atoms with Gasteiger partial charge in [-0.15, -0.1) is 0 Å². The molecule has 0 bridgehead atoms. The molecule has 1 heterocycles. The van der Waals surface area contributed by atoms with Crippen LogP contribution in [0.4, 0.5) is 4.39 Å². The van der Waals surface area contributed by atoms with Crippen LogP contribution in [-0.2, 0) is 0 Å². The second-order valence-electron chi connectivity index (χ2n) is 4.16. The predicted octanol–water partition coefficient (Wildman–Crippen LogP) is 1.67. The highest BCUT2D eigenvalue weighted by Crippen LogP contribution is 2.14. The first-order chi connectivity index (χ1) is 6.03. The van der Waals surface area contributed by atoms with Gasteiger partial charge in [-0.2, -0.15) is 0 Å². The second-order valence-corrected chi connectivity index (χ2v) is 4.16. The van der Waals surface area contributed by atoms with Crippen molar-refractivity contribution in [3.05, 3.63) is 11.9 Å². The quantitative estimate of drug-likeness (QED) is 0.726. The van der Waals surface area contributed by atoms with Crippen LogP contribution in [0.3, 0.4) is 0 Å². The molecule has 2 N–H and O–H groups in total. The standard InChI is InChI=1S/C10H19FN2/c1-3-10(2,12)8-13-6-4-5-9(11)7-13/h5H,3-4,6-8,12H2,1-2H3. The van der Waals surface area contributed by atoms with Crippen molar-refractivity contribution in [2.45, 2.75) is 32.2 Å². The van der Waals surface area contributed by atoms with Gasteiger partial charge in [-0.25, -0.2) is 4.39 Å². The lowest BCUT2D eigenvalue weighted by molar-refractivity contribution is 0.210. The van der Waals surface area contributed by atoms with E-state index in [1.54, 1.807) is 6.08 Å². The molecular weight excluding hydrogens is 167 g/mol. The smallest absolute Gasteiger partial charge is 0.110 e. The molecule has 1 aliphatic rings. The molecule has 0 aromatic carbocycles. The molecule has 1 atom stereocenters. The van der Waals surface area contributed by atoms with E-state index in [1.165, 1.54) is 0 Å². The fourth-order valence-corrected chi connectivity index (χ4v) is 1.52. The molecule has 0 aliphatic carbocycles. The Morgan fingerprint density at radius 2 is 2.38 bits per heavy atom. The average Bonchev–Trinajstić information content (AvgIpc) is 2.03. The van der Waals surface area contributed by atoms with Gasteiger partial charge in [0, 0.05) is 25.2 Å². The van der Waals surface area contributed by atoms with Gasteiger partial charge in [0.05, 0.1) is 0 Å². The summed E-state index contributed by atoms with van der Waals surface area (Å²) in [6.07, 6.45) is 3.40. The van der Waals surface area contributed by atoms with Gasteiger partial charge in [0.1, 0.15) is 5.83 Å². The Bertz CT molecular complexity index is 199. The van der Waals surface area contributed by atoms with Crippen molar-refractivity contribution in [3.63, 3.8) is 0 Å². The van der Waals surface area contributed by atoms with Gasteiger partial charge in [0.25, 0.3) is 0 Å². The third-order valence-electron chi connectivity index (χ3n) is 2.58. The lowest BCUT2D eigenvalue weighted by atomic mass is 9.99. The molecular formula is C10H19FN2. The summed E-state index contributed by atoms with van der Waals surface area (Å²) in [6.45, 7) is 6.23. The Labute approximate surface area is 79.6 Å². The molecule has 3 heteroatoms. The summed E-state index contributed by atoms with van der Waals surface area (Å²) in [5.41, 5.74) is 5.83. The van der Waals surface area contributed by atoms with E-state index in [1.807, 2.05) is 6.92 Å². The number of nitrogens with two attached hydrogens (primary N) is 1. The van der Waals surface area contributed by atoms with Crippen molar-refractivity contribution in [1.82, 2.24) is 4.90 Å². The molecule has 1 aliphatic heterocycles. The van der Waals surface area contributed by atoms with Crippen molar-refractivity contribution in [1.29, 1.82) is 0 Å². The van der Waals surface area contributed by atoms with E-state index in [9.17, 15) is 4.39 Å². The minimum absolute atomic E-state index is 0.0156. The summed E-state index contributed by atoms with van der Waals surface area (Å²) < 4.78 is 12.9. The van der Waals surface area contributed by atoms with Crippen LogP contribution in [0.5, 0.6) is 0 Å². The summed E-state index contributed by atoms with van der Waals surface area (Å²) in [7, 11) is 0. The van der Waals surface area contributed by atoms with E-state index in [0.29, 0.717) is 6.54 Å². The molecule has 2 nitrogen and oxygen atoms in total. The molecule has 0 saturated carbocycles. The van der Waals surface area contributed by atoms with Gasteiger partial charge in [0.2, 0.25) is 0 Å². The summed E-state index contributed by atoms with van der Waals surface area (Å²) in [5.74, 6) is -0.0156. The first-order valence-corrected chi connectivity index (χ1v) is 4.89. The van der Waals surface area contributed by atoms with Gasteiger partial charge < -0.3 is 5.73 Å². The van der Waals surface area contributed by atoms with Crippen molar-refractivity contribution in [2.24, 2.45) is 5.73 Å². The monoisotopic (exact) mass is 186 g/mol. The van der Waals surface area contributed by atoms with Gasteiger partial charge in [-0.3, -0.25) is 4.90 Å². The van der Waals surface area contributed by atoms with E-state index >= 15 is 0 Å². The maximum absolute atomic E-state index is 12.9. The molecule has 0 fully saturated rings. The molecule has 76 valence electrons. The first kappa shape index (κ1) is 10.7. The predicted molar refractivity (Wildman–Crippen MR) is 53.1 cm³/mol. The number of rotatable bonds is 3. The number of nitrogens with zero attached hydrogens (tertiary/aromatic N) is 1. The van der Waals surface area contributed by atoms with E-state index in [4.69, 9.17) is 5.73 Å². The van der Waals surface area contributed by atoms with E-state index in [0.717, 1.165) is 25.9 Å². The molecule has 0 aromatic heterocycles. The Hall–Kier alpha value is -0.410. The molecule has 0 saturated heterocycles. The Balaban J connectivity index is 2.42. The fourth-order valence-electron chi connectivity index (χ4n) is 1.52. The molecule has 0 amide bonds. The lowest BCUT2D eigenvalue weighted by Gasteiger charge is -2.32. The Morgan fingerprint density at radius 3 is 2.92 bits per heavy atom. The number of hydrogen-bond donors (Lipinski definition) is 1. The number of hydrogen-bond acceptors (Lipinski definition) is 2. The SMILES string of the molecule is CCC(C)(N)CN1CCC=C(F)C1. The summed E-state index contributed by atoms with van der Waals surface area (Å²) in [6, 6.07) is 0. The molecule has 1 unspecified atom stereocenters. The maximum Gasteiger partial charge on any atom is 0.110 e. The highest BCUT2D eigenvalue weighted by Gasteiger charge is 2.22. The summed E-state index contributed by atoms with van der Waals surface area (Å²) >= 11 is 0. The third kappa shape index (κ3) is 3.44. The van der Waals surface area contributed by atoms with Crippen molar-refractivity contribution in [2.75, 3.05) is 19.6 Å². The van der Waals surface area contributed by atoms with Crippen LogP contribution in [0, 0.1) is 0 Å². The van der Waals surface area contributed by atoms with Gasteiger partial charge in [-0.05, 0) is 19.8 Å². The average molecular weight is 186 g/mol. The van der Waals surface area contributed by atoms with Crippen molar-refractivity contribution in [3.8, 4) is 0 Å². The van der Waals surface area contributed by atoms with Crippen LogP contribution in [0.15, 0.2) is 11.9 Å². The lowest BCUT2D eigenvalue weighted by Crippen LogP contribution is -2.48.